The van der Waals surface area contributed by atoms with Gasteiger partial charge in [0.15, 0.2) is 11.5 Å². The number of ether oxygens (including phenoxy) is 2. The maximum absolute atomic E-state index is 12.6. The summed E-state index contributed by atoms with van der Waals surface area (Å²) in [6.45, 7) is 0. The molecule has 0 aliphatic heterocycles. The summed E-state index contributed by atoms with van der Waals surface area (Å²) in [4.78, 5) is 17.6. The van der Waals surface area contributed by atoms with Gasteiger partial charge in [-0.1, -0.05) is 0 Å². The van der Waals surface area contributed by atoms with E-state index in [2.05, 4.69) is 4.98 Å². The molecule has 0 amide bonds. The topological polar surface area (TPSA) is 53.4 Å². The van der Waals surface area contributed by atoms with Crippen molar-refractivity contribution in [2.75, 3.05) is 7.11 Å². The molecule has 0 N–H and O–H groups in total. The van der Waals surface area contributed by atoms with Crippen LogP contribution in [0.15, 0.2) is 41.3 Å². The third kappa shape index (κ3) is 2.67. The molecule has 2 heterocycles. The number of benzene rings is 1. The number of hydrogen-bond donors (Lipinski definition) is 0. The Balaban J connectivity index is 1.77. The van der Waals surface area contributed by atoms with Crippen LogP contribution < -0.4 is 15.0 Å². The van der Waals surface area contributed by atoms with E-state index >= 15 is 0 Å². The van der Waals surface area contributed by atoms with Crippen LogP contribution in [0.25, 0.3) is 15.9 Å². The van der Waals surface area contributed by atoms with Crippen molar-refractivity contribution in [2.24, 2.45) is 0 Å². The lowest BCUT2D eigenvalue weighted by atomic mass is 10.2. The standard InChI is InChI=1S/C18H18N2O3S/c1-22-15-9-8-12(11-16(15)23-13-5-2-3-6-13)20-18(21)14-7-4-10-19-17(14)24-20/h4,7-11,13H,2-3,5-6H2,1H3. The summed E-state index contributed by atoms with van der Waals surface area (Å²) in [5, 5.41) is 0.636. The van der Waals surface area contributed by atoms with Gasteiger partial charge in [-0.2, -0.15) is 0 Å². The lowest BCUT2D eigenvalue weighted by molar-refractivity contribution is 0.201. The van der Waals surface area contributed by atoms with Crippen molar-refractivity contribution < 1.29 is 9.47 Å². The molecule has 0 radical (unpaired) electrons. The van der Waals surface area contributed by atoms with Crippen LogP contribution in [0.4, 0.5) is 0 Å². The lowest BCUT2D eigenvalue weighted by Gasteiger charge is -2.16. The van der Waals surface area contributed by atoms with Crippen LogP contribution in [0.2, 0.25) is 0 Å². The molecule has 1 aliphatic carbocycles. The van der Waals surface area contributed by atoms with Gasteiger partial charge >= 0.3 is 0 Å². The van der Waals surface area contributed by atoms with Gasteiger partial charge in [-0.15, -0.1) is 0 Å². The molecular weight excluding hydrogens is 324 g/mol. The molecule has 1 saturated carbocycles. The second-order valence-electron chi connectivity index (χ2n) is 5.91. The van der Waals surface area contributed by atoms with E-state index in [1.807, 2.05) is 18.2 Å². The highest BCUT2D eigenvalue weighted by atomic mass is 32.1. The zero-order valence-electron chi connectivity index (χ0n) is 13.4. The minimum Gasteiger partial charge on any atom is -0.493 e. The molecule has 1 fully saturated rings. The summed E-state index contributed by atoms with van der Waals surface area (Å²) in [6, 6.07) is 9.19. The molecule has 124 valence electrons. The van der Waals surface area contributed by atoms with Crippen LogP contribution in [-0.4, -0.2) is 22.2 Å². The molecule has 5 nitrogen and oxygen atoms in total. The number of nitrogens with zero attached hydrogens (tertiary/aromatic N) is 2. The molecule has 0 bridgehead atoms. The quantitative estimate of drug-likeness (QED) is 0.724. The first-order valence-corrected chi connectivity index (χ1v) is 8.86. The van der Waals surface area contributed by atoms with E-state index in [0.717, 1.165) is 23.4 Å². The third-order valence-corrected chi connectivity index (χ3v) is 5.40. The minimum atomic E-state index is -0.0555. The van der Waals surface area contributed by atoms with Gasteiger partial charge in [-0.25, -0.2) is 8.94 Å². The largest absolute Gasteiger partial charge is 0.493 e. The first-order valence-electron chi connectivity index (χ1n) is 8.08. The Kier molecular flexibility index (Phi) is 3.98. The van der Waals surface area contributed by atoms with Crippen LogP contribution >= 0.6 is 11.5 Å². The summed E-state index contributed by atoms with van der Waals surface area (Å²) in [7, 11) is 1.63. The van der Waals surface area contributed by atoms with Crippen molar-refractivity contribution >= 4 is 21.7 Å². The van der Waals surface area contributed by atoms with Crippen LogP contribution in [0.5, 0.6) is 11.5 Å². The van der Waals surface area contributed by atoms with E-state index in [1.165, 1.54) is 24.4 Å². The number of hydrogen-bond acceptors (Lipinski definition) is 5. The fourth-order valence-electron chi connectivity index (χ4n) is 3.10. The van der Waals surface area contributed by atoms with Gasteiger partial charge in [0.05, 0.1) is 24.3 Å². The van der Waals surface area contributed by atoms with E-state index < -0.39 is 0 Å². The maximum atomic E-state index is 12.6. The van der Waals surface area contributed by atoms with Gasteiger partial charge < -0.3 is 9.47 Å². The first kappa shape index (κ1) is 15.2. The molecule has 0 saturated heterocycles. The summed E-state index contributed by atoms with van der Waals surface area (Å²) >= 11 is 1.34. The van der Waals surface area contributed by atoms with E-state index in [-0.39, 0.29) is 11.7 Å². The van der Waals surface area contributed by atoms with E-state index in [4.69, 9.17) is 9.47 Å². The van der Waals surface area contributed by atoms with Crippen LogP contribution in [0.3, 0.4) is 0 Å². The Labute approximate surface area is 143 Å². The van der Waals surface area contributed by atoms with Gasteiger partial charge in [0.2, 0.25) is 0 Å². The Morgan fingerprint density at radius 2 is 2.04 bits per heavy atom. The fourth-order valence-corrected chi connectivity index (χ4v) is 4.04. The third-order valence-electron chi connectivity index (χ3n) is 4.34. The Hall–Kier alpha value is -2.34. The predicted molar refractivity (Wildman–Crippen MR) is 94.7 cm³/mol. The Bertz CT molecular complexity index is 925. The van der Waals surface area contributed by atoms with E-state index in [0.29, 0.717) is 16.9 Å². The molecule has 0 atom stereocenters. The number of fused-ring (bicyclic) bond motifs is 1. The molecule has 6 heteroatoms. The second kappa shape index (κ2) is 6.28. The van der Waals surface area contributed by atoms with Crippen molar-refractivity contribution in [3.05, 3.63) is 46.9 Å². The van der Waals surface area contributed by atoms with E-state index in [1.54, 1.807) is 29.4 Å². The maximum Gasteiger partial charge on any atom is 0.274 e. The number of methoxy groups -OCH3 is 1. The Morgan fingerprint density at radius 3 is 2.79 bits per heavy atom. The number of aromatic nitrogens is 2. The summed E-state index contributed by atoms with van der Waals surface area (Å²) in [6.07, 6.45) is 6.48. The van der Waals surface area contributed by atoms with Crippen molar-refractivity contribution in [3.8, 4) is 17.2 Å². The molecule has 4 rings (SSSR count). The van der Waals surface area contributed by atoms with Gasteiger partial charge in [0.25, 0.3) is 5.56 Å². The normalized spacial score (nSPS) is 15.0. The highest BCUT2D eigenvalue weighted by molar-refractivity contribution is 7.13. The van der Waals surface area contributed by atoms with Crippen LogP contribution in [0.1, 0.15) is 25.7 Å². The van der Waals surface area contributed by atoms with Gasteiger partial charge in [-0.05, 0) is 61.5 Å². The van der Waals surface area contributed by atoms with Crippen molar-refractivity contribution in [1.29, 1.82) is 0 Å². The number of pyridine rings is 1. The predicted octanol–water partition coefficient (Wildman–Crippen LogP) is 3.78. The monoisotopic (exact) mass is 342 g/mol. The van der Waals surface area contributed by atoms with Crippen molar-refractivity contribution in [1.82, 2.24) is 8.94 Å². The molecule has 0 spiro atoms. The molecular formula is C18H18N2O3S. The number of rotatable bonds is 4. The van der Waals surface area contributed by atoms with Gasteiger partial charge in [-0.3, -0.25) is 4.79 Å². The highest BCUT2D eigenvalue weighted by Crippen LogP contribution is 2.33. The molecule has 2 aromatic heterocycles. The molecule has 24 heavy (non-hydrogen) atoms. The first-order chi connectivity index (χ1) is 11.8. The summed E-state index contributed by atoms with van der Waals surface area (Å²) in [5.74, 6) is 1.39. The molecule has 0 unspecified atom stereocenters. The highest BCUT2D eigenvalue weighted by Gasteiger charge is 2.19. The second-order valence-corrected chi connectivity index (χ2v) is 6.84. The lowest BCUT2D eigenvalue weighted by Crippen LogP contribution is -2.13. The molecule has 3 aromatic rings. The van der Waals surface area contributed by atoms with E-state index in [9.17, 15) is 4.79 Å². The smallest absolute Gasteiger partial charge is 0.274 e. The molecule has 1 aromatic carbocycles. The fraction of sp³-hybridized carbons (Fsp3) is 0.333. The van der Waals surface area contributed by atoms with Gasteiger partial charge in [0.1, 0.15) is 4.83 Å². The average Bonchev–Trinajstić information content (AvgIpc) is 3.23. The average molecular weight is 342 g/mol. The summed E-state index contributed by atoms with van der Waals surface area (Å²) < 4.78 is 13.2. The Morgan fingerprint density at radius 1 is 1.21 bits per heavy atom. The van der Waals surface area contributed by atoms with Crippen LogP contribution in [0, 0.1) is 0 Å². The van der Waals surface area contributed by atoms with Crippen molar-refractivity contribution in [2.45, 2.75) is 31.8 Å². The zero-order chi connectivity index (χ0) is 16.5. The minimum absolute atomic E-state index is 0.0555. The van der Waals surface area contributed by atoms with Gasteiger partial charge in [0, 0.05) is 12.3 Å². The summed E-state index contributed by atoms with van der Waals surface area (Å²) in [5.41, 5.74) is 0.719. The van der Waals surface area contributed by atoms with Crippen LogP contribution in [-0.2, 0) is 0 Å². The molecule has 1 aliphatic rings. The SMILES string of the molecule is COc1ccc(-n2sc3ncccc3c2=O)cc1OC1CCCC1. The van der Waals surface area contributed by atoms with Crippen molar-refractivity contribution in [3.63, 3.8) is 0 Å². The zero-order valence-corrected chi connectivity index (χ0v) is 14.2.